The summed E-state index contributed by atoms with van der Waals surface area (Å²) < 4.78 is 25.6. The van der Waals surface area contributed by atoms with Crippen LogP contribution in [0.5, 0.6) is 0 Å². The number of sulfonamides is 1. The highest BCUT2D eigenvalue weighted by Crippen LogP contribution is 2.17. The van der Waals surface area contributed by atoms with Crippen molar-refractivity contribution in [3.8, 4) is 0 Å². The maximum atomic E-state index is 12.2. The lowest BCUT2D eigenvalue weighted by molar-refractivity contribution is -0.118. The van der Waals surface area contributed by atoms with Crippen LogP contribution in [0.3, 0.4) is 0 Å². The standard InChI is InChI=1S/C9H19N3O3S/c1-7(2)12(6-9(10)13)16(14,15)8-3-4-11-5-8/h7-8,11H,3-6H2,1-2H3,(H2,10,13). The molecule has 3 N–H and O–H groups in total. The van der Waals surface area contributed by atoms with Crippen LogP contribution in [0.25, 0.3) is 0 Å². The maximum Gasteiger partial charge on any atom is 0.232 e. The molecule has 0 aromatic carbocycles. The molecule has 0 bridgehead atoms. The minimum Gasteiger partial charge on any atom is -0.369 e. The Bertz CT molecular complexity index is 347. The average molecular weight is 249 g/mol. The highest BCUT2D eigenvalue weighted by molar-refractivity contribution is 7.89. The van der Waals surface area contributed by atoms with E-state index in [0.29, 0.717) is 19.5 Å². The van der Waals surface area contributed by atoms with Crippen molar-refractivity contribution in [3.63, 3.8) is 0 Å². The number of nitrogens with two attached hydrogens (primary N) is 1. The summed E-state index contributed by atoms with van der Waals surface area (Å²) >= 11 is 0. The van der Waals surface area contributed by atoms with Crippen LogP contribution in [-0.2, 0) is 14.8 Å². The molecule has 1 aliphatic rings. The molecule has 1 unspecified atom stereocenters. The fraction of sp³-hybridized carbons (Fsp3) is 0.889. The number of hydrogen-bond donors (Lipinski definition) is 2. The summed E-state index contributed by atoms with van der Waals surface area (Å²) in [6.07, 6.45) is 0.588. The molecular weight excluding hydrogens is 230 g/mol. The van der Waals surface area contributed by atoms with Gasteiger partial charge in [0.1, 0.15) is 0 Å². The van der Waals surface area contributed by atoms with E-state index in [1.54, 1.807) is 13.8 Å². The highest BCUT2D eigenvalue weighted by atomic mass is 32.2. The van der Waals surface area contributed by atoms with Crippen molar-refractivity contribution in [2.24, 2.45) is 5.73 Å². The first kappa shape index (κ1) is 13.4. The van der Waals surface area contributed by atoms with E-state index in [1.165, 1.54) is 4.31 Å². The van der Waals surface area contributed by atoms with Crippen molar-refractivity contribution in [3.05, 3.63) is 0 Å². The summed E-state index contributed by atoms with van der Waals surface area (Å²) in [6.45, 7) is 4.39. The van der Waals surface area contributed by atoms with Gasteiger partial charge in [-0.1, -0.05) is 0 Å². The molecule has 1 fully saturated rings. The molecule has 6 nitrogen and oxygen atoms in total. The number of carbonyl (C=O) groups excluding carboxylic acids is 1. The first-order valence-corrected chi connectivity index (χ1v) is 6.85. The van der Waals surface area contributed by atoms with E-state index >= 15 is 0 Å². The van der Waals surface area contributed by atoms with Gasteiger partial charge < -0.3 is 11.1 Å². The molecule has 0 saturated carbocycles. The van der Waals surface area contributed by atoms with Crippen LogP contribution < -0.4 is 11.1 Å². The smallest absolute Gasteiger partial charge is 0.232 e. The van der Waals surface area contributed by atoms with Gasteiger partial charge in [-0.2, -0.15) is 4.31 Å². The lowest BCUT2D eigenvalue weighted by Crippen LogP contribution is -2.47. The number of nitrogens with one attached hydrogen (secondary N) is 1. The van der Waals surface area contributed by atoms with E-state index in [0.717, 1.165) is 0 Å². The van der Waals surface area contributed by atoms with E-state index < -0.39 is 21.2 Å². The SMILES string of the molecule is CC(C)N(CC(N)=O)S(=O)(=O)C1CCNC1. The van der Waals surface area contributed by atoms with E-state index in [9.17, 15) is 13.2 Å². The van der Waals surface area contributed by atoms with Crippen LogP contribution in [0.15, 0.2) is 0 Å². The molecule has 1 saturated heterocycles. The van der Waals surface area contributed by atoms with Crippen molar-refractivity contribution in [2.75, 3.05) is 19.6 Å². The molecule has 1 amide bonds. The Hall–Kier alpha value is -0.660. The van der Waals surface area contributed by atoms with Crippen LogP contribution in [0.1, 0.15) is 20.3 Å². The predicted octanol–water partition coefficient (Wildman–Crippen LogP) is -1.13. The largest absolute Gasteiger partial charge is 0.369 e. The molecule has 1 rings (SSSR count). The van der Waals surface area contributed by atoms with Gasteiger partial charge in [0.15, 0.2) is 0 Å². The van der Waals surface area contributed by atoms with E-state index in [1.807, 2.05) is 0 Å². The van der Waals surface area contributed by atoms with Crippen LogP contribution in [-0.4, -0.2) is 49.6 Å². The normalized spacial score (nSPS) is 21.9. The van der Waals surface area contributed by atoms with Gasteiger partial charge in [-0.25, -0.2) is 8.42 Å². The third kappa shape index (κ3) is 2.93. The van der Waals surface area contributed by atoms with Gasteiger partial charge in [0.25, 0.3) is 0 Å². The first-order valence-electron chi connectivity index (χ1n) is 5.35. The van der Waals surface area contributed by atoms with E-state index in [-0.39, 0.29) is 12.6 Å². The van der Waals surface area contributed by atoms with Gasteiger partial charge >= 0.3 is 0 Å². The molecule has 0 spiro atoms. The van der Waals surface area contributed by atoms with Crippen LogP contribution in [0.4, 0.5) is 0 Å². The Morgan fingerprint density at radius 1 is 1.56 bits per heavy atom. The number of primary amides is 1. The van der Waals surface area contributed by atoms with Gasteiger partial charge in [0, 0.05) is 12.6 Å². The second-order valence-corrected chi connectivity index (χ2v) is 6.43. The number of amides is 1. The van der Waals surface area contributed by atoms with Crippen molar-refractivity contribution in [1.29, 1.82) is 0 Å². The second-order valence-electron chi connectivity index (χ2n) is 4.27. The molecule has 1 heterocycles. The number of rotatable bonds is 5. The Balaban J connectivity index is 2.87. The van der Waals surface area contributed by atoms with Crippen molar-refractivity contribution >= 4 is 15.9 Å². The molecule has 0 radical (unpaired) electrons. The Kier molecular flexibility index (Phi) is 4.28. The second kappa shape index (κ2) is 5.11. The quantitative estimate of drug-likeness (QED) is 0.645. The van der Waals surface area contributed by atoms with Crippen LogP contribution >= 0.6 is 0 Å². The Labute approximate surface area is 96.2 Å². The number of hydrogen-bond acceptors (Lipinski definition) is 4. The van der Waals surface area contributed by atoms with Crippen LogP contribution in [0, 0.1) is 0 Å². The lowest BCUT2D eigenvalue weighted by atomic mass is 10.4. The third-order valence-electron chi connectivity index (χ3n) is 2.65. The highest BCUT2D eigenvalue weighted by Gasteiger charge is 2.36. The molecule has 0 aromatic heterocycles. The zero-order valence-corrected chi connectivity index (χ0v) is 10.5. The minimum atomic E-state index is -3.43. The maximum absolute atomic E-state index is 12.2. The molecular formula is C9H19N3O3S. The summed E-state index contributed by atoms with van der Waals surface area (Å²) in [5.41, 5.74) is 5.07. The lowest BCUT2D eigenvalue weighted by Gasteiger charge is -2.27. The zero-order valence-electron chi connectivity index (χ0n) is 9.64. The summed E-state index contributed by atoms with van der Waals surface area (Å²) in [4.78, 5) is 10.9. The van der Waals surface area contributed by atoms with Crippen molar-refractivity contribution < 1.29 is 13.2 Å². The summed E-state index contributed by atoms with van der Waals surface area (Å²) in [5.74, 6) is -0.622. The summed E-state index contributed by atoms with van der Waals surface area (Å²) in [7, 11) is -3.43. The molecule has 94 valence electrons. The van der Waals surface area contributed by atoms with Gasteiger partial charge in [-0.05, 0) is 26.8 Å². The third-order valence-corrected chi connectivity index (χ3v) is 5.10. The summed E-state index contributed by atoms with van der Waals surface area (Å²) in [5, 5.41) is 2.57. The fourth-order valence-corrected chi connectivity index (χ4v) is 3.82. The molecule has 0 aliphatic carbocycles. The Morgan fingerprint density at radius 3 is 2.56 bits per heavy atom. The van der Waals surface area contributed by atoms with Crippen molar-refractivity contribution in [1.82, 2.24) is 9.62 Å². The van der Waals surface area contributed by atoms with Gasteiger partial charge in [0.2, 0.25) is 15.9 Å². The zero-order chi connectivity index (χ0) is 12.3. The first-order chi connectivity index (χ1) is 7.35. The molecule has 0 aromatic rings. The van der Waals surface area contributed by atoms with Gasteiger partial charge in [0.05, 0.1) is 11.8 Å². The van der Waals surface area contributed by atoms with Gasteiger partial charge in [-0.3, -0.25) is 4.79 Å². The molecule has 1 atom stereocenters. The van der Waals surface area contributed by atoms with E-state index in [4.69, 9.17) is 5.73 Å². The predicted molar refractivity (Wildman–Crippen MR) is 61.2 cm³/mol. The molecule has 7 heteroatoms. The van der Waals surface area contributed by atoms with E-state index in [2.05, 4.69) is 5.32 Å². The fourth-order valence-electron chi connectivity index (χ4n) is 1.79. The average Bonchev–Trinajstić information content (AvgIpc) is 2.66. The number of nitrogens with zero attached hydrogens (tertiary/aromatic N) is 1. The summed E-state index contributed by atoms with van der Waals surface area (Å²) in [6, 6.07) is -0.252. The Morgan fingerprint density at radius 2 is 2.19 bits per heavy atom. The number of carbonyl (C=O) groups is 1. The van der Waals surface area contributed by atoms with Crippen LogP contribution in [0.2, 0.25) is 0 Å². The van der Waals surface area contributed by atoms with Crippen molar-refractivity contribution in [2.45, 2.75) is 31.6 Å². The topological polar surface area (TPSA) is 92.5 Å². The molecule has 16 heavy (non-hydrogen) atoms. The molecule has 1 aliphatic heterocycles. The monoisotopic (exact) mass is 249 g/mol. The minimum absolute atomic E-state index is 0.240. The van der Waals surface area contributed by atoms with Gasteiger partial charge in [-0.15, -0.1) is 0 Å².